The number of rotatable bonds is 4. The lowest BCUT2D eigenvalue weighted by Gasteiger charge is -2.38. The Morgan fingerprint density at radius 1 is 0.464 bits per heavy atom. The minimum Gasteiger partial charge on any atom is -0.301 e. The monoisotopic (exact) mass is 399 g/mol. The van der Waals surface area contributed by atoms with Crippen molar-refractivity contribution in [3.05, 3.63) is 0 Å². The summed E-state index contributed by atoms with van der Waals surface area (Å²) in [6.45, 7) is 34.1. The van der Waals surface area contributed by atoms with Crippen LogP contribution in [0.1, 0.15) is 95.9 Å². The molecule has 2 fully saturated rings. The first-order chi connectivity index (χ1) is 13.2. The average molecular weight is 400 g/mol. The Kier molecular flexibility index (Phi) is 19.0. The van der Waals surface area contributed by atoms with Gasteiger partial charge in [-0.05, 0) is 79.3 Å². The molecule has 0 radical (unpaired) electrons. The van der Waals surface area contributed by atoms with E-state index in [1.165, 1.54) is 52.1 Å². The number of hydrogen-bond donors (Lipinski definition) is 0. The lowest BCUT2D eigenvalue weighted by Crippen LogP contribution is -2.50. The summed E-state index contributed by atoms with van der Waals surface area (Å²) in [5.74, 6) is 1.87. The Hall–Kier alpha value is -0.120. The van der Waals surface area contributed by atoms with Crippen LogP contribution >= 0.6 is 0 Å². The van der Waals surface area contributed by atoms with Crippen molar-refractivity contribution in [2.24, 2.45) is 11.8 Å². The van der Waals surface area contributed by atoms with Gasteiger partial charge in [-0.15, -0.1) is 0 Å². The first kappa shape index (κ1) is 30.1. The molecule has 28 heavy (non-hydrogen) atoms. The summed E-state index contributed by atoms with van der Waals surface area (Å²) in [5.41, 5.74) is 0. The van der Waals surface area contributed by atoms with Crippen LogP contribution < -0.4 is 0 Å². The van der Waals surface area contributed by atoms with Gasteiger partial charge in [0.15, 0.2) is 0 Å². The van der Waals surface area contributed by atoms with E-state index >= 15 is 0 Å². The highest BCUT2D eigenvalue weighted by atomic mass is 15.3. The van der Waals surface area contributed by atoms with Crippen LogP contribution in [0.15, 0.2) is 0 Å². The molecule has 2 saturated heterocycles. The maximum Gasteiger partial charge on any atom is 0.0113 e. The van der Waals surface area contributed by atoms with E-state index in [0.29, 0.717) is 0 Å². The molecular formula is C25H57N3. The van der Waals surface area contributed by atoms with Gasteiger partial charge in [-0.3, -0.25) is 9.80 Å². The lowest BCUT2D eigenvalue weighted by molar-refractivity contribution is 0.0887. The second-order valence-electron chi connectivity index (χ2n) is 8.97. The highest BCUT2D eigenvalue weighted by molar-refractivity contribution is 4.76. The van der Waals surface area contributed by atoms with Crippen LogP contribution in [0.4, 0.5) is 0 Å². The molecule has 0 aromatic carbocycles. The van der Waals surface area contributed by atoms with Crippen LogP contribution in [-0.2, 0) is 0 Å². The first-order valence-corrected chi connectivity index (χ1v) is 12.4. The van der Waals surface area contributed by atoms with Crippen molar-refractivity contribution in [1.29, 1.82) is 0 Å². The SMILES string of the molecule is CC.CC.CC(C)C1CCN(C(C)C)CC1.CC(C)N1CCN(C(C)C)CC1. The van der Waals surface area contributed by atoms with E-state index in [2.05, 4.69) is 70.1 Å². The molecule has 2 rings (SSSR count). The molecule has 0 aliphatic carbocycles. The predicted octanol–water partition coefficient (Wildman–Crippen LogP) is 6.24. The van der Waals surface area contributed by atoms with Crippen molar-refractivity contribution >= 4 is 0 Å². The molecule has 2 heterocycles. The summed E-state index contributed by atoms with van der Waals surface area (Å²) in [7, 11) is 0. The molecule has 0 spiro atoms. The Morgan fingerprint density at radius 2 is 0.714 bits per heavy atom. The molecule has 0 N–H and O–H groups in total. The minimum absolute atomic E-state index is 0.722. The summed E-state index contributed by atoms with van der Waals surface area (Å²) in [6, 6.07) is 2.19. The van der Waals surface area contributed by atoms with Crippen LogP contribution in [0, 0.1) is 11.8 Å². The fourth-order valence-electron chi connectivity index (χ4n) is 3.87. The fourth-order valence-corrected chi connectivity index (χ4v) is 3.87. The summed E-state index contributed by atoms with van der Waals surface area (Å²) in [5, 5.41) is 0. The fraction of sp³-hybridized carbons (Fsp3) is 1.00. The molecule has 0 amide bonds. The number of nitrogens with zero attached hydrogens (tertiary/aromatic N) is 3. The zero-order chi connectivity index (χ0) is 22.3. The van der Waals surface area contributed by atoms with E-state index in [0.717, 1.165) is 30.0 Å². The summed E-state index contributed by atoms with van der Waals surface area (Å²) in [4.78, 5) is 7.70. The number of likely N-dealkylation sites (tertiary alicyclic amines) is 1. The van der Waals surface area contributed by atoms with Gasteiger partial charge in [-0.25, -0.2) is 0 Å². The van der Waals surface area contributed by atoms with E-state index in [-0.39, 0.29) is 0 Å². The standard InChI is InChI=1S/C11H23N.C10H22N2.2C2H6/c2*1-9(2)11-5-7-12(8-6-11)10(3)4;2*1-2/h9-11H,5-8H2,1-4H3;9-10H,5-8H2,1-4H3;2*1-2H3. The summed E-state index contributed by atoms with van der Waals surface area (Å²) >= 11 is 0. The molecule has 0 unspecified atom stereocenters. The minimum atomic E-state index is 0.722. The Labute approximate surface area is 180 Å². The quantitative estimate of drug-likeness (QED) is 0.554. The average Bonchev–Trinajstić information content (AvgIpc) is 2.71. The van der Waals surface area contributed by atoms with Crippen molar-refractivity contribution in [3.63, 3.8) is 0 Å². The third kappa shape index (κ3) is 12.4. The van der Waals surface area contributed by atoms with Crippen molar-refractivity contribution in [2.75, 3.05) is 39.3 Å². The molecule has 0 bridgehead atoms. The van der Waals surface area contributed by atoms with Crippen LogP contribution in [-0.4, -0.2) is 72.1 Å². The van der Waals surface area contributed by atoms with Gasteiger partial charge < -0.3 is 4.90 Å². The van der Waals surface area contributed by atoms with E-state index in [1.807, 2.05) is 27.7 Å². The number of piperidine rings is 1. The van der Waals surface area contributed by atoms with Gasteiger partial charge in [0, 0.05) is 44.3 Å². The third-order valence-electron chi connectivity index (χ3n) is 6.06. The van der Waals surface area contributed by atoms with Gasteiger partial charge >= 0.3 is 0 Å². The van der Waals surface area contributed by atoms with Crippen LogP contribution in [0.25, 0.3) is 0 Å². The number of piperazine rings is 1. The van der Waals surface area contributed by atoms with Crippen molar-refractivity contribution < 1.29 is 0 Å². The molecule has 172 valence electrons. The van der Waals surface area contributed by atoms with Gasteiger partial charge in [0.2, 0.25) is 0 Å². The van der Waals surface area contributed by atoms with E-state index in [4.69, 9.17) is 0 Å². The summed E-state index contributed by atoms with van der Waals surface area (Å²) in [6.07, 6.45) is 2.83. The highest BCUT2D eigenvalue weighted by Gasteiger charge is 2.22. The highest BCUT2D eigenvalue weighted by Crippen LogP contribution is 2.25. The topological polar surface area (TPSA) is 9.72 Å². The zero-order valence-electron chi connectivity index (χ0n) is 21.9. The Bertz CT molecular complexity index is 246. The van der Waals surface area contributed by atoms with Crippen molar-refractivity contribution in [3.8, 4) is 0 Å². The predicted molar refractivity (Wildman–Crippen MR) is 130 cm³/mol. The second kappa shape index (κ2) is 17.7. The molecule has 0 saturated carbocycles. The van der Waals surface area contributed by atoms with E-state index < -0.39 is 0 Å². The lowest BCUT2D eigenvalue weighted by atomic mass is 9.86. The van der Waals surface area contributed by atoms with Gasteiger partial charge in [0.05, 0.1) is 0 Å². The van der Waals surface area contributed by atoms with Gasteiger partial charge in [0.25, 0.3) is 0 Å². The molecular weight excluding hydrogens is 342 g/mol. The van der Waals surface area contributed by atoms with Gasteiger partial charge in [-0.2, -0.15) is 0 Å². The zero-order valence-corrected chi connectivity index (χ0v) is 21.9. The Balaban J connectivity index is 0. The maximum absolute atomic E-state index is 2.60. The third-order valence-corrected chi connectivity index (χ3v) is 6.06. The van der Waals surface area contributed by atoms with Crippen LogP contribution in [0.2, 0.25) is 0 Å². The molecule has 2 aliphatic heterocycles. The summed E-state index contributed by atoms with van der Waals surface area (Å²) < 4.78 is 0. The largest absolute Gasteiger partial charge is 0.301 e. The van der Waals surface area contributed by atoms with Crippen molar-refractivity contribution in [2.45, 2.75) is 114 Å². The Morgan fingerprint density at radius 3 is 0.929 bits per heavy atom. The van der Waals surface area contributed by atoms with E-state index in [1.54, 1.807) is 0 Å². The molecule has 3 heteroatoms. The van der Waals surface area contributed by atoms with Crippen LogP contribution in [0.5, 0.6) is 0 Å². The second-order valence-corrected chi connectivity index (χ2v) is 8.97. The maximum atomic E-state index is 2.60. The van der Waals surface area contributed by atoms with Crippen LogP contribution in [0.3, 0.4) is 0 Å². The first-order valence-electron chi connectivity index (χ1n) is 12.4. The molecule has 3 nitrogen and oxygen atoms in total. The van der Waals surface area contributed by atoms with E-state index in [9.17, 15) is 0 Å². The molecule has 2 aliphatic rings. The van der Waals surface area contributed by atoms with Crippen molar-refractivity contribution in [1.82, 2.24) is 14.7 Å². The normalized spacial score (nSPS) is 19.7. The molecule has 0 aromatic rings. The van der Waals surface area contributed by atoms with Gasteiger partial charge in [-0.1, -0.05) is 41.5 Å². The number of hydrogen-bond acceptors (Lipinski definition) is 3. The van der Waals surface area contributed by atoms with Gasteiger partial charge in [0.1, 0.15) is 0 Å². The molecule has 0 aromatic heterocycles. The smallest absolute Gasteiger partial charge is 0.0113 e. The molecule has 0 atom stereocenters.